The van der Waals surface area contributed by atoms with Crippen molar-refractivity contribution >= 4 is 32.6 Å². The molecule has 2 rings (SSSR count). The Labute approximate surface area is 110 Å². The Balaban J connectivity index is 2.44. The fourth-order valence-corrected chi connectivity index (χ4v) is 3.57. The molecule has 1 aliphatic rings. The maximum atomic E-state index is 11.3. The monoisotopic (exact) mass is 351 g/mol. The number of hydrogen-bond donors (Lipinski definition) is 1. The Morgan fingerprint density at radius 1 is 1.25 bits per heavy atom. The normalized spacial score (nSPS) is 17.9. The molecule has 0 amide bonds. The smallest absolute Gasteiger partial charge is 0.225 e. The summed E-state index contributed by atoms with van der Waals surface area (Å²) in [5.41, 5.74) is 1.14. The summed E-state index contributed by atoms with van der Waals surface area (Å²) in [6.45, 7) is 0. The molecule has 1 fully saturated rings. The topological polar surface area (TPSA) is 60.2 Å². The highest BCUT2D eigenvalue weighted by Gasteiger charge is 2.21. The predicted molar refractivity (Wildman–Crippen MR) is 71.7 cm³/mol. The summed E-state index contributed by atoms with van der Waals surface area (Å²) in [5, 5.41) is 5.14. The van der Waals surface area contributed by atoms with Gasteiger partial charge in [-0.3, -0.25) is 0 Å². The number of hydrogen-bond acceptors (Lipinski definition) is 2. The lowest BCUT2D eigenvalue weighted by molar-refractivity contribution is 0.597. The Kier molecular flexibility index (Phi) is 3.56. The lowest BCUT2D eigenvalue weighted by Gasteiger charge is -2.13. The van der Waals surface area contributed by atoms with Crippen molar-refractivity contribution in [1.82, 2.24) is 0 Å². The molecule has 0 aromatic heterocycles. The minimum absolute atomic E-state index is 0.231. The number of primary sulfonamides is 1. The second kappa shape index (κ2) is 4.62. The van der Waals surface area contributed by atoms with Gasteiger partial charge < -0.3 is 0 Å². The van der Waals surface area contributed by atoms with E-state index in [0.717, 1.165) is 22.0 Å². The van der Waals surface area contributed by atoms with Gasteiger partial charge in [0.05, 0.1) is 4.90 Å². The molecule has 88 valence electrons. The van der Waals surface area contributed by atoms with Crippen LogP contribution in [0.5, 0.6) is 0 Å². The fraction of sp³-hybridized carbons (Fsp3) is 0.455. The van der Waals surface area contributed by atoms with E-state index in [9.17, 15) is 8.42 Å². The summed E-state index contributed by atoms with van der Waals surface area (Å²) in [7, 11) is -3.57. The zero-order chi connectivity index (χ0) is 11.8. The van der Waals surface area contributed by atoms with E-state index in [2.05, 4.69) is 22.6 Å². The number of nitrogens with two attached hydrogens (primary N) is 1. The number of sulfonamides is 1. The lowest BCUT2D eigenvalue weighted by Crippen LogP contribution is -2.13. The van der Waals surface area contributed by atoms with Gasteiger partial charge in [0, 0.05) is 3.57 Å². The van der Waals surface area contributed by atoms with Gasteiger partial charge in [-0.05, 0) is 65.1 Å². The van der Waals surface area contributed by atoms with Crippen molar-refractivity contribution in [2.75, 3.05) is 0 Å². The van der Waals surface area contributed by atoms with Gasteiger partial charge in [-0.2, -0.15) is 0 Å². The van der Waals surface area contributed by atoms with Crippen LogP contribution in [0.15, 0.2) is 23.1 Å². The lowest BCUT2D eigenvalue weighted by atomic mass is 9.98. The van der Waals surface area contributed by atoms with Crippen LogP contribution < -0.4 is 5.14 Å². The van der Waals surface area contributed by atoms with Crippen molar-refractivity contribution in [2.24, 2.45) is 5.14 Å². The predicted octanol–water partition coefficient (Wildman–Crippen LogP) is 2.60. The fourth-order valence-electron chi connectivity index (χ4n) is 2.25. The highest BCUT2D eigenvalue weighted by molar-refractivity contribution is 14.1. The molecule has 16 heavy (non-hydrogen) atoms. The van der Waals surface area contributed by atoms with Gasteiger partial charge in [-0.25, -0.2) is 13.6 Å². The molecule has 0 saturated heterocycles. The van der Waals surface area contributed by atoms with Crippen LogP contribution in [-0.4, -0.2) is 8.42 Å². The molecular formula is C11H14INO2S. The first-order chi connectivity index (χ1) is 7.48. The third kappa shape index (κ3) is 2.57. The summed E-state index contributed by atoms with van der Waals surface area (Å²) in [6.07, 6.45) is 4.79. The van der Waals surface area contributed by atoms with Crippen LogP contribution in [0.1, 0.15) is 37.2 Å². The SMILES string of the molecule is NS(=O)(=O)c1ccc(I)c(C2CCCC2)c1. The maximum absolute atomic E-state index is 11.3. The summed E-state index contributed by atoms with van der Waals surface area (Å²) in [5.74, 6) is 0.508. The van der Waals surface area contributed by atoms with E-state index in [1.54, 1.807) is 12.1 Å². The van der Waals surface area contributed by atoms with E-state index < -0.39 is 10.0 Å². The van der Waals surface area contributed by atoms with Crippen LogP contribution in [0, 0.1) is 3.57 Å². The van der Waals surface area contributed by atoms with E-state index in [1.165, 1.54) is 12.8 Å². The van der Waals surface area contributed by atoms with E-state index in [-0.39, 0.29) is 4.90 Å². The summed E-state index contributed by atoms with van der Waals surface area (Å²) in [6, 6.07) is 5.16. The molecule has 3 nitrogen and oxygen atoms in total. The van der Waals surface area contributed by atoms with Crippen molar-refractivity contribution in [2.45, 2.75) is 36.5 Å². The Bertz CT molecular complexity index is 493. The number of rotatable bonds is 2. The summed E-state index contributed by atoms with van der Waals surface area (Å²) >= 11 is 2.26. The minimum atomic E-state index is -3.57. The zero-order valence-electron chi connectivity index (χ0n) is 8.82. The first kappa shape index (κ1) is 12.3. The van der Waals surface area contributed by atoms with Gasteiger partial charge in [-0.1, -0.05) is 12.8 Å². The van der Waals surface area contributed by atoms with Gasteiger partial charge >= 0.3 is 0 Å². The third-order valence-electron chi connectivity index (χ3n) is 3.09. The molecule has 1 aromatic carbocycles. The standard InChI is InChI=1S/C11H14INO2S/c12-11-6-5-9(16(13,14)15)7-10(11)8-3-1-2-4-8/h5-8H,1-4H2,(H2,13,14,15). The van der Waals surface area contributed by atoms with Crippen LogP contribution in [0.2, 0.25) is 0 Å². The molecule has 1 aromatic rings. The van der Waals surface area contributed by atoms with Gasteiger partial charge in [0.15, 0.2) is 0 Å². The molecule has 0 bridgehead atoms. The van der Waals surface area contributed by atoms with Crippen molar-refractivity contribution < 1.29 is 8.42 Å². The highest BCUT2D eigenvalue weighted by Crippen LogP contribution is 2.37. The molecule has 0 spiro atoms. The Morgan fingerprint density at radius 3 is 2.44 bits per heavy atom. The summed E-state index contributed by atoms with van der Waals surface area (Å²) < 4.78 is 23.7. The molecule has 0 aliphatic heterocycles. The van der Waals surface area contributed by atoms with E-state index >= 15 is 0 Å². The molecule has 0 radical (unpaired) electrons. The zero-order valence-corrected chi connectivity index (χ0v) is 11.8. The number of halogens is 1. The first-order valence-corrected chi connectivity index (χ1v) is 7.93. The van der Waals surface area contributed by atoms with Crippen molar-refractivity contribution in [1.29, 1.82) is 0 Å². The molecule has 0 atom stereocenters. The maximum Gasteiger partial charge on any atom is 0.238 e. The van der Waals surface area contributed by atoms with Crippen molar-refractivity contribution in [3.8, 4) is 0 Å². The minimum Gasteiger partial charge on any atom is -0.225 e. The second-order valence-electron chi connectivity index (χ2n) is 4.21. The van der Waals surface area contributed by atoms with Crippen LogP contribution in [-0.2, 0) is 10.0 Å². The van der Waals surface area contributed by atoms with Crippen LogP contribution in [0.4, 0.5) is 0 Å². The molecule has 0 heterocycles. The average molecular weight is 351 g/mol. The molecule has 1 saturated carbocycles. The van der Waals surface area contributed by atoms with Gasteiger partial charge in [-0.15, -0.1) is 0 Å². The van der Waals surface area contributed by atoms with Gasteiger partial charge in [0.1, 0.15) is 0 Å². The summed E-state index contributed by atoms with van der Waals surface area (Å²) in [4.78, 5) is 0.231. The quantitative estimate of drug-likeness (QED) is 0.833. The van der Waals surface area contributed by atoms with Crippen LogP contribution in [0.3, 0.4) is 0 Å². The van der Waals surface area contributed by atoms with E-state index in [4.69, 9.17) is 5.14 Å². The molecule has 2 N–H and O–H groups in total. The van der Waals surface area contributed by atoms with E-state index in [1.807, 2.05) is 6.07 Å². The average Bonchev–Trinajstić information content (AvgIpc) is 2.69. The largest absolute Gasteiger partial charge is 0.238 e. The van der Waals surface area contributed by atoms with Crippen molar-refractivity contribution in [3.63, 3.8) is 0 Å². The second-order valence-corrected chi connectivity index (χ2v) is 6.93. The van der Waals surface area contributed by atoms with Crippen molar-refractivity contribution in [3.05, 3.63) is 27.3 Å². The van der Waals surface area contributed by atoms with E-state index in [0.29, 0.717) is 5.92 Å². The van der Waals surface area contributed by atoms with Gasteiger partial charge in [0.2, 0.25) is 10.0 Å². The van der Waals surface area contributed by atoms with Crippen LogP contribution >= 0.6 is 22.6 Å². The Morgan fingerprint density at radius 2 is 1.88 bits per heavy atom. The molecule has 0 unspecified atom stereocenters. The molecular weight excluding hydrogens is 337 g/mol. The van der Waals surface area contributed by atoms with Gasteiger partial charge in [0.25, 0.3) is 0 Å². The molecule has 5 heteroatoms. The third-order valence-corrected chi connectivity index (χ3v) is 4.98. The Hall–Kier alpha value is -0.140. The first-order valence-electron chi connectivity index (χ1n) is 5.31. The highest BCUT2D eigenvalue weighted by atomic mass is 127. The van der Waals surface area contributed by atoms with Crippen LogP contribution in [0.25, 0.3) is 0 Å². The number of benzene rings is 1. The molecule has 1 aliphatic carbocycles.